The smallest absolute Gasteiger partial charge is 0.254 e. The number of carbonyl (C=O) groups is 1. The van der Waals surface area contributed by atoms with Gasteiger partial charge in [-0.1, -0.05) is 18.2 Å². The molecule has 3 rings (SSSR count). The number of rotatable bonds is 5. The third-order valence-corrected chi connectivity index (χ3v) is 4.21. The molecule has 3 aromatic rings. The Morgan fingerprint density at radius 3 is 2.75 bits per heavy atom. The number of pyridine rings is 1. The van der Waals surface area contributed by atoms with Crippen LogP contribution in [0.1, 0.15) is 17.3 Å². The van der Waals surface area contributed by atoms with Crippen molar-refractivity contribution in [2.75, 3.05) is 13.1 Å². The number of para-hydroxylation sites is 1. The SMILES string of the molecule is CCN(CCn1cccn1)C(=O)c1cc(=O)n(C)c2ccccc12. The summed E-state index contributed by atoms with van der Waals surface area (Å²) in [6, 6.07) is 10.8. The average Bonchev–Trinajstić information content (AvgIpc) is 3.12. The highest BCUT2D eigenvalue weighted by molar-refractivity contribution is 6.06. The fourth-order valence-corrected chi connectivity index (χ4v) is 2.82. The molecule has 0 saturated heterocycles. The van der Waals surface area contributed by atoms with E-state index in [0.717, 1.165) is 10.9 Å². The fourth-order valence-electron chi connectivity index (χ4n) is 2.82. The minimum Gasteiger partial charge on any atom is -0.337 e. The van der Waals surface area contributed by atoms with Gasteiger partial charge in [-0.3, -0.25) is 14.3 Å². The maximum atomic E-state index is 13.0. The molecule has 2 aromatic heterocycles. The van der Waals surface area contributed by atoms with E-state index < -0.39 is 0 Å². The lowest BCUT2D eigenvalue weighted by molar-refractivity contribution is 0.0759. The van der Waals surface area contributed by atoms with Crippen molar-refractivity contribution in [1.29, 1.82) is 0 Å². The van der Waals surface area contributed by atoms with Gasteiger partial charge in [0.1, 0.15) is 0 Å². The van der Waals surface area contributed by atoms with Crippen LogP contribution in [-0.2, 0) is 13.6 Å². The van der Waals surface area contributed by atoms with E-state index in [4.69, 9.17) is 0 Å². The van der Waals surface area contributed by atoms with Gasteiger partial charge in [0, 0.05) is 44.0 Å². The molecule has 1 aromatic carbocycles. The highest BCUT2D eigenvalue weighted by atomic mass is 16.2. The summed E-state index contributed by atoms with van der Waals surface area (Å²) in [6.45, 7) is 3.67. The summed E-state index contributed by atoms with van der Waals surface area (Å²) in [5.41, 5.74) is 1.03. The molecule has 0 N–H and O–H groups in total. The van der Waals surface area contributed by atoms with E-state index in [0.29, 0.717) is 25.2 Å². The van der Waals surface area contributed by atoms with Crippen molar-refractivity contribution in [3.8, 4) is 0 Å². The maximum absolute atomic E-state index is 13.0. The Balaban J connectivity index is 1.94. The van der Waals surface area contributed by atoms with Crippen LogP contribution in [0, 0.1) is 0 Å². The topological polar surface area (TPSA) is 60.1 Å². The van der Waals surface area contributed by atoms with Gasteiger partial charge >= 0.3 is 0 Å². The van der Waals surface area contributed by atoms with E-state index in [2.05, 4.69) is 5.10 Å². The molecule has 0 saturated carbocycles. The molecule has 6 nitrogen and oxygen atoms in total. The van der Waals surface area contributed by atoms with Crippen molar-refractivity contribution < 1.29 is 4.79 Å². The van der Waals surface area contributed by atoms with Gasteiger partial charge in [0.05, 0.1) is 17.6 Å². The second-order valence-corrected chi connectivity index (χ2v) is 5.63. The maximum Gasteiger partial charge on any atom is 0.254 e. The molecule has 124 valence electrons. The van der Waals surface area contributed by atoms with Crippen LogP contribution in [0.25, 0.3) is 10.9 Å². The van der Waals surface area contributed by atoms with Crippen molar-refractivity contribution in [3.63, 3.8) is 0 Å². The van der Waals surface area contributed by atoms with Gasteiger partial charge < -0.3 is 9.47 Å². The van der Waals surface area contributed by atoms with Crippen LogP contribution in [0.5, 0.6) is 0 Å². The first-order valence-electron chi connectivity index (χ1n) is 7.97. The molecule has 0 radical (unpaired) electrons. The van der Waals surface area contributed by atoms with Crippen LogP contribution in [0.15, 0.2) is 53.6 Å². The van der Waals surface area contributed by atoms with Crippen molar-refractivity contribution >= 4 is 16.8 Å². The Bertz CT molecular complexity index is 912. The Morgan fingerprint density at radius 2 is 2.04 bits per heavy atom. The molecule has 1 amide bonds. The standard InChI is InChI=1S/C18H20N4O2/c1-3-21(11-12-22-10-6-9-19-22)18(24)15-13-17(23)20(2)16-8-5-4-7-14(15)16/h4-10,13H,3,11-12H2,1-2H3. The first-order valence-corrected chi connectivity index (χ1v) is 7.97. The molecule has 0 fully saturated rings. The number of aryl methyl sites for hydroxylation is 1. The van der Waals surface area contributed by atoms with E-state index in [1.54, 1.807) is 27.4 Å². The number of amides is 1. The summed E-state index contributed by atoms with van der Waals surface area (Å²) in [6.07, 6.45) is 3.58. The van der Waals surface area contributed by atoms with Gasteiger partial charge in [0.2, 0.25) is 0 Å². The summed E-state index contributed by atoms with van der Waals surface area (Å²) >= 11 is 0. The van der Waals surface area contributed by atoms with Crippen LogP contribution in [-0.4, -0.2) is 38.2 Å². The summed E-state index contributed by atoms with van der Waals surface area (Å²) in [5, 5.41) is 4.95. The van der Waals surface area contributed by atoms with Crippen LogP contribution < -0.4 is 5.56 Å². The van der Waals surface area contributed by atoms with Crippen molar-refractivity contribution in [2.45, 2.75) is 13.5 Å². The highest BCUT2D eigenvalue weighted by Crippen LogP contribution is 2.18. The lowest BCUT2D eigenvalue weighted by Crippen LogP contribution is -2.35. The molecule has 6 heteroatoms. The predicted octanol–water partition coefficient (Wildman–Crippen LogP) is 1.90. The average molecular weight is 324 g/mol. The first kappa shape index (κ1) is 16.0. The van der Waals surface area contributed by atoms with Gasteiger partial charge in [0.15, 0.2) is 0 Å². The molecular formula is C18H20N4O2. The quantitative estimate of drug-likeness (QED) is 0.720. The van der Waals surface area contributed by atoms with Gasteiger partial charge in [-0.25, -0.2) is 0 Å². The summed E-state index contributed by atoms with van der Waals surface area (Å²) in [4.78, 5) is 26.9. The zero-order chi connectivity index (χ0) is 17.1. The molecule has 0 aliphatic rings. The van der Waals surface area contributed by atoms with Gasteiger partial charge in [0.25, 0.3) is 11.5 Å². The number of fused-ring (bicyclic) bond motifs is 1. The number of likely N-dealkylation sites (N-methyl/N-ethyl adjacent to an activating group) is 1. The third kappa shape index (κ3) is 2.95. The second-order valence-electron chi connectivity index (χ2n) is 5.63. The van der Waals surface area contributed by atoms with Crippen molar-refractivity contribution in [3.05, 3.63) is 64.7 Å². The Kier molecular flexibility index (Phi) is 4.46. The van der Waals surface area contributed by atoms with Crippen LogP contribution >= 0.6 is 0 Å². The third-order valence-electron chi connectivity index (χ3n) is 4.21. The van der Waals surface area contributed by atoms with Crippen molar-refractivity contribution in [1.82, 2.24) is 19.2 Å². The molecule has 0 spiro atoms. The number of carbonyl (C=O) groups excluding carboxylic acids is 1. The summed E-state index contributed by atoms with van der Waals surface area (Å²) in [5.74, 6) is -0.126. The molecule has 0 atom stereocenters. The molecule has 0 bridgehead atoms. The summed E-state index contributed by atoms with van der Waals surface area (Å²) < 4.78 is 3.35. The zero-order valence-electron chi connectivity index (χ0n) is 13.8. The predicted molar refractivity (Wildman–Crippen MR) is 93.0 cm³/mol. The van der Waals surface area contributed by atoms with E-state index in [-0.39, 0.29) is 11.5 Å². The molecular weight excluding hydrogens is 304 g/mol. The minimum atomic E-state index is -0.180. The van der Waals surface area contributed by atoms with E-state index in [1.165, 1.54) is 6.07 Å². The monoisotopic (exact) mass is 324 g/mol. The van der Waals surface area contributed by atoms with Gasteiger partial charge in [-0.05, 0) is 19.1 Å². The van der Waals surface area contributed by atoms with Crippen molar-refractivity contribution in [2.24, 2.45) is 7.05 Å². The number of hydrogen-bond donors (Lipinski definition) is 0. The van der Waals surface area contributed by atoms with Crippen LogP contribution in [0.2, 0.25) is 0 Å². The van der Waals surface area contributed by atoms with Crippen LogP contribution in [0.4, 0.5) is 0 Å². The van der Waals surface area contributed by atoms with E-state index in [9.17, 15) is 9.59 Å². The molecule has 0 aliphatic heterocycles. The van der Waals surface area contributed by atoms with E-state index in [1.807, 2.05) is 43.5 Å². The summed E-state index contributed by atoms with van der Waals surface area (Å²) in [7, 11) is 1.72. The van der Waals surface area contributed by atoms with Crippen LogP contribution in [0.3, 0.4) is 0 Å². The Morgan fingerprint density at radius 1 is 1.25 bits per heavy atom. The fraction of sp³-hybridized carbons (Fsp3) is 0.278. The normalized spacial score (nSPS) is 10.9. The second kappa shape index (κ2) is 6.70. The number of nitrogens with zero attached hydrogens (tertiary/aromatic N) is 4. The number of aromatic nitrogens is 3. The Labute approximate surface area is 139 Å². The molecule has 24 heavy (non-hydrogen) atoms. The number of hydrogen-bond acceptors (Lipinski definition) is 3. The van der Waals surface area contributed by atoms with Gasteiger partial charge in [-0.15, -0.1) is 0 Å². The highest BCUT2D eigenvalue weighted by Gasteiger charge is 2.18. The minimum absolute atomic E-state index is 0.126. The lowest BCUT2D eigenvalue weighted by atomic mass is 10.1. The zero-order valence-corrected chi connectivity index (χ0v) is 13.8. The van der Waals surface area contributed by atoms with E-state index >= 15 is 0 Å². The largest absolute Gasteiger partial charge is 0.337 e. The molecule has 0 unspecified atom stereocenters. The first-order chi connectivity index (χ1) is 11.6. The lowest BCUT2D eigenvalue weighted by Gasteiger charge is -2.22. The molecule has 0 aliphatic carbocycles. The number of benzene rings is 1. The van der Waals surface area contributed by atoms with Gasteiger partial charge in [-0.2, -0.15) is 5.10 Å². The Hall–Kier alpha value is -2.89. The molecule has 2 heterocycles.